The van der Waals surface area contributed by atoms with Crippen molar-refractivity contribution in [3.05, 3.63) is 71.9 Å². The molecule has 0 aliphatic heterocycles. The largest absolute Gasteiger partial charge is 0.366 e. The molecular formula is C16H20N2. The Hall–Kier alpha value is -2.09. The van der Waals surface area contributed by atoms with Gasteiger partial charge < -0.3 is 5.32 Å². The molecule has 1 aromatic rings. The number of aryl methyl sites for hydroxylation is 2. The zero-order valence-electron chi connectivity index (χ0n) is 11.3. The summed E-state index contributed by atoms with van der Waals surface area (Å²) >= 11 is 0. The molecule has 0 aromatic carbocycles. The molecule has 0 radical (unpaired) electrons. The van der Waals surface area contributed by atoms with Gasteiger partial charge in [0.05, 0.1) is 0 Å². The topological polar surface area (TPSA) is 24.9 Å². The third-order valence-electron chi connectivity index (χ3n) is 2.55. The lowest BCUT2D eigenvalue weighted by Gasteiger charge is -2.04. The number of allylic oxidation sites excluding steroid dienone is 4. The van der Waals surface area contributed by atoms with Crippen molar-refractivity contribution < 1.29 is 0 Å². The molecule has 0 amide bonds. The van der Waals surface area contributed by atoms with Crippen LogP contribution in [-0.4, -0.2) is 4.98 Å². The van der Waals surface area contributed by atoms with Crippen molar-refractivity contribution in [3.8, 4) is 0 Å². The maximum atomic E-state index is 4.27. The highest BCUT2D eigenvalue weighted by molar-refractivity contribution is 5.62. The first-order valence-corrected chi connectivity index (χ1v) is 5.90. The molecule has 1 heterocycles. The Kier molecular flexibility index (Phi) is 5.12. The van der Waals surface area contributed by atoms with E-state index in [1.807, 2.05) is 32.2 Å². The molecule has 94 valence electrons. The van der Waals surface area contributed by atoms with Crippen LogP contribution in [0.2, 0.25) is 0 Å². The lowest BCUT2D eigenvalue weighted by Crippen LogP contribution is -1.99. The summed E-state index contributed by atoms with van der Waals surface area (Å²) in [6.45, 7) is 13.5. The average molecular weight is 240 g/mol. The van der Waals surface area contributed by atoms with Crippen LogP contribution < -0.4 is 5.32 Å². The molecule has 0 aliphatic rings. The van der Waals surface area contributed by atoms with Gasteiger partial charge in [-0.2, -0.15) is 0 Å². The molecule has 2 nitrogen and oxygen atoms in total. The fraction of sp³-hybridized carbons (Fsp3) is 0.188. The van der Waals surface area contributed by atoms with Crippen molar-refractivity contribution in [1.82, 2.24) is 10.3 Å². The third kappa shape index (κ3) is 4.06. The van der Waals surface area contributed by atoms with Crippen LogP contribution in [0.1, 0.15) is 23.7 Å². The van der Waals surface area contributed by atoms with Crippen molar-refractivity contribution in [1.29, 1.82) is 0 Å². The maximum absolute atomic E-state index is 4.27. The van der Waals surface area contributed by atoms with E-state index in [-0.39, 0.29) is 0 Å². The van der Waals surface area contributed by atoms with E-state index in [1.165, 1.54) is 5.56 Å². The van der Waals surface area contributed by atoms with Gasteiger partial charge in [0.1, 0.15) is 0 Å². The second-order valence-electron chi connectivity index (χ2n) is 4.21. The van der Waals surface area contributed by atoms with Gasteiger partial charge in [0.2, 0.25) is 0 Å². The summed E-state index contributed by atoms with van der Waals surface area (Å²) < 4.78 is 0. The minimum atomic E-state index is 1.01. The summed E-state index contributed by atoms with van der Waals surface area (Å²) in [6, 6.07) is 2.07. The Bertz CT molecular complexity index is 508. The average Bonchev–Trinajstić information content (AvgIpc) is 2.33. The number of nitrogens with one attached hydrogen (secondary N) is 1. The summed E-state index contributed by atoms with van der Waals surface area (Å²) in [5.74, 6) is 0. The van der Waals surface area contributed by atoms with Crippen molar-refractivity contribution in [2.45, 2.75) is 20.8 Å². The van der Waals surface area contributed by atoms with E-state index in [9.17, 15) is 0 Å². The Labute approximate surface area is 109 Å². The molecule has 0 aliphatic carbocycles. The predicted octanol–water partition coefficient (Wildman–Crippen LogP) is 3.90. The summed E-state index contributed by atoms with van der Waals surface area (Å²) in [6.07, 6.45) is 9.52. The molecule has 1 aromatic heterocycles. The number of nitrogens with zero attached hydrogens (tertiary/aromatic N) is 1. The number of pyridine rings is 1. The van der Waals surface area contributed by atoms with E-state index in [0.717, 1.165) is 22.5 Å². The minimum Gasteiger partial charge on any atom is -0.366 e. The van der Waals surface area contributed by atoms with E-state index in [2.05, 4.69) is 42.5 Å². The van der Waals surface area contributed by atoms with Gasteiger partial charge in [-0.15, -0.1) is 0 Å². The SMILES string of the molecule is C=CN/C(C)=C\C(C=C)=C/c1cc(C)ncc1C. The molecule has 0 fully saturated rings. The van der Waals surface area contributed by atoms with Gasteiger partial charge in [0.25, 0.3) is 0 Å². The first-order valence-electron chi connectivity index (χ1n) is 5.90. The fourth-order valence-corrected chi connectivity index (χ4v) is 1.60. The Morgan fingerprint density at radius 3 is 2.67 bits per heavy atom. The van der Waals surface area contributed by atoms with Crippen LogP contribution >= 0.6 is 0 Å². The van der Waals surface area contributed by atoms with Gasteiger partial charge in [-0.05, 0) is 61.9 Å². The third-order valence-corrected chi connectivity index (χ3v) is 2.55. The monoisotopic (exact) mass is 240 g/mol. The second kappa shape index (κ2) is 6.60. The second-order valence-corrected chi connectivity index (χ2v) is 4.21. The van der Waals surface area contributed by atoms with Crippen LogP contribution in [0.15, 0.2) is 55.0 Å². The molecule has 18 heavy (non-hydrogen) atoms. The van der Waals surface area contributed by atoms with Crippen molar-refractivity contribution in [2.24, 2.45) is 0 Å². The Morgan fingerprint density at radius 1 is 1.33 bits per heavy atom. The zero-order chi connectivity index (χ0) is 13.5. The fourth-order valence-electron chi connectivity index (χ4n) is 1.60. The van der Waals surface area contributed by atoms with Crippen LogP contribution in [-0.2, 0) is 0 Å². The van der Waals surface area contributed by atoms with E-state index in [0.29, 0.717) is 0 Å². The molecule has 0 unspecified atom stereocenters. The van der Waals surface area contributed by atoms with Gasteiger partial charge in [0, 0.05) is 17.6 Å². The van der Waals surface area contributed by atoms with Crippen LogP contribution in [0.25, 0.3) is 6.08 Å². The van der Waals surface area contributed by atoms with E-state index >= 15 is 0 Å². The maximum Gasteiger partial charge on any atom is 0.0378 e. The minimum absolute atomic E-state index is 1.01. The van der Waals surface area contributed by atoms with Crippen molar-refractivity contribution in [2.75, 3.05) is 0 Å². The van der Waals surface area contributed by atoms with Crippen LogP contribution in [0, 0.1) is 13.8 Å². The lowest BCUT2D eigenvalue weighted by atomic mass is 10.1. The van der Waals surface area contributed by atoms with E-state index in [1.54, 1.807) is 6.20 Å². The zero-order valence-corrected chi connectivity index (χ0v) is 11.3. The first kappa shape index (κ1) is 14.0. The molecule has 0 saturated carbocycles. The Balaban J connectivity index is 3.11. The predicted molar refractivity (Wildman–Crippen MR) is 79.0 cm³/mol. The van der Waals surface area contributed by atoms with Gasteiger partial charge in [-0.1, -0.05) is 19.2 Å². The standard InChI is InChI=1S/C16H20N2/c1-6-15(8-13(4)17-7-2)10-16-9-14(5)18-11-12(16)3/h6-11,17H,1-2H2,3-5H3/b13-8-,15-10-. The van der Waals surface area contributed by atoms with Crippen LogP contribution in [0.3, 0.4) is 0 Å². The molecule has 0 saturated heterocycles. The quantitative estimate of drug-likeness (QED) is 0.789. The summed E-state index contributed by atoms with van der Waals surface area (Å²) in [4.78, 5) is 4.27. The van der Waals surface area contributed by atoms with Gasteiger partial charge >= 0.3 is 0 Å². The van der Waals surface area contributed by atoms with E-state index < -0.39 is 0 Å². The number of hydrogen-bond donors (Lipinski definition) is 1. The molecule has 0 atom stereocenters. The Morgan fingerprint density at radius 2 is 2.06 bits per heavy atom. The number of rotatable bonds is 5. The number of hydrogen-bond acceptors (Lipinski definition) is 2. The number of aromatic nitrogens is 1. The van der Waals surface area contributed by atoms with Gasteiger partial charge in [-0.25, -0.2) is 0 Å². The first-order chi connectivity index (χ1) is 8.56. The molecule has 1 N–H and O–H groups in total. The highest BCUT2D eigenvalue weighted by Gasteiger charge is 1.97. The van der Waals surface area contributed by atoms with E-state index in [4.69, 9.17) is 0 Å². The summed E-state index contributed by atoms with van der Waals surface area (Å²) in [5, 5.41) is 3.05. The van der Waals surface area contributed by atoms with Crippen LogP contribution in [0.4, 0.5) is 0 Å². The molecule has 0 bridgehead atoms. The molecule has 2 heteroatoms. The van der Waals surface area contributed by atoms with Gasteiger partial charge in [0.15, 0.2) is 0 Å². The van der Waals surface area contributed by atoms with Gasteiger partial charge in [-0.3, -0.25) is 4.98 Å². The molecular weight excluding hydrogens is 220 g/mol. The summed E-state index contributed by atoms with van der Waals surface area (Å²) in [5.41, 5.74) is 5.41. The lowest BCUT2D eigenvalue weighted by molar-refractivity contribution is 1.06. The molecule has 0 spiro atoms. The highest BCUT2D eigenvalue weighted by Crippen LogP contribution is 2.14. The summed E-state index contributed by atoms with van der Waals surface area (Å²) in [7, 11) is 0. The van der Waals surface area contributed by atoms with Crippen molar-refractivity contribution in [3.63, 3.8) is 0 Å². The molecule has 1 rings (SSSR count). The van der Waals surface area contributed by atoms with Crippen LogP contribution in [0.5, 0.6) is 0 Å². The smallest absolute Gasteiger partial charge is 0.0378 e. The van der Waals surface area contributed by atoms with Crippen molar-refractivity contribution >= 4 is 6.08 Å². The highest BCUT2D eigenvalue weighted by atomic mass is 14.8. The normalized spacial score (nSPS) is 12.2.